The molecule has 1 saturated heterocycles. The monoisotopic (exact) mass is 307 g/mol. The van der Waals surface area contributed by atoms with Crippen LogP contribution in [0.4, 0.5) is 0 Å². The fraction of sp³-hybridized carbons (Fsp3) is 0.500. The highest BCUT2D eigenvalue weighted by molar-refractivity contribution is 5.99. The summed E-state index contributed by atoms with van der Waals surface area (Å²) in [5.74, 6) is 0.380. The van der Waals surface area contributed by atoms with Crippen LogP contribution in [0.5, 0.6) is 11.5 Å². The lowest BCUT2D eigenvalue weighted by Crippen LogP contribution is -2.45. The van der Waals surface area contributed by atoms with Crippen LogP contribution in [-0.2, 0) is 14.3 Å². The van der Waals surface area contributed by atoms with E-state index in [0.717, 1.165) is 11.5 Å². The molecule has 0 spiro atoms. The SMILES string of the molecule is COC(=O)C1CN(CCOc2ccc(OC)cc2)CCC1=O. The molecule has 1 heterocycles. The highest BCUT2D eigenvalue weighted by Crippen LogP contribution is 2.18. The fourth-order valence-electron chi connectivity index (χ4n) is 2.41. The minimum Gasteiger partial charge on any atom is -0.497 e. The Morgan fingerprint density at radius 1 is 1.23 bits per heavy atom. The maximum absolute atomic E-state index is 11.7. The van der Waals surface area contributed by atoms with Crippen LogP contribution in [-0.4, -0.2) is 57.1 Å². The number of likely N-dealkylation sites (tertiary alicyclic amines) is 1. The van der Waals surface area contributed by atoms with Gasteiger partial charge in [-0.15, -0.1) is 0 Å². The third kappa shape index (κ3) is 4.21. The average Bonchev–Trinajstić information content (AvgIpc) is 2.56. The number of ketones is 1. The second-order valence-corrected chi connectivity index (χ2v) is 5.12. The number of rotatable bonds is 6. The molecule has 1 aliphatic rings. The number of nitrogens with zero attached hydrogens (tertiary/aromatic N) is 1. The molecule has 2 rings (SSSR count). The highest BCUT2D eigenvalue weighted by Gasteiger charge is 2.33. The van der Waals surface area contributed by atoms with E-state index in [9.17, 15) is 9.59 Å². The number of methoxy groups -OCH3 is 2. The first kappa shape index (κ1) is 16.3. The number of piperidine rings is 1. The molecule has 120 valence electrons. The van der Waals surface area contributed by atoms with Gasteiger partial charge in [-0.25, -0.2) is 0 Å². The fourth-order valence-corrected chi connectivity index (χ4v) is 2.41. The van der Waals surface area contributed by atoms with Crippen molar-refractivity contribution in [3.8, 4) is 11.5 Å². The quantitative estimate of drug-likeness (QED) is 0.580. The largest absolute Gasteiger partial charge is 0.497 e. The van der Waals surface area contributed by atoms with Gasteiger partial charge in [0.25, 0.3) is 0 Å². The first-order valence-corrected chi connectivity index (χ1v) is 7.23. The van der Waals surface area contributed by atoms with Gasteiger partial charge < -0.3 is 14.2 Å². The normalized spacial score (nSPS) is 18.8. The van der Waals surface area contributed by atoms with Gasteiger partial charge in [-0.3, -0.25) is 14.5 Å². The van der Waals surface area contributed by atoms with Gasteiger partial charge in [-0.05, 0) is 24.3 Å². The molecule has 0 saturated carbocycles. The van der Waals surface area contributed by atoms with Crippen molar-refractivity contribution >= 4 is 11.8 Å². The minimum atomic E-state index is -0.667. The first-order chi connectivity index (χ1) is 10.6. The molecule has 6 heteroatoms. The summed E-state index contributed by atoms with van der Waals surface area (Å²) >= 11 is 0. The molecule has 1 aromatic carbocycles. The number of carbonyl (C=O) groups excluding carboxylic acids is 2. The molecule has 0 aliphatic carbocycles. The Labute approximate surface area is 129 Å². The first-order valence-electron chi connectivity index (χ1n) is 7.23. The van der Waals surface area contributed by atoms with Crippen molar-refractivity contribution in [3.63, 3.8) is 0 Å². The van der Waals surface area contributed by atoms with Gasteiger partial charge >= 0.3 is 5.97 Å². The molecule has 1 fully saturated rings. The molecule has 0 bridgehead atoms. The van der Waals surface area contributed by atoms with Gasteiger partial charge in [-0.1, -0.05) is 0 Å². The zero-order chi connectivity index (χ0) is 15.9. The lowest BCUT2D eigenvalue weighted by molar-refractivity contribution is -0.151. The summed E-state index contributed by atoms with van der Waals surface area (Å²) in [7, 11) is 2.92. The number of ether oxygens (including phenoxy) is 3. The number of Topliss-reactive ketones (excluding diaryl/α,β-unsaturated/α-hetero) is 1. The summed E-state index contributed by atoms with van der Waals surface area (Å²) in [5.41, 5.74) is 0. The molecule has 0 amide bonds. The smallest absolute Gasteiger partial charge is 0.317 e. The number of hydrogen-bond acceptors (Lipinski definition) is 6. The lowest BCUT2D eigenvalue weighted by Gasteiger charge is -2.30. The third-order valence-corrected chi connectivity index (χ3v) is 3.73. The van der Waals surface area contributed by atoms with Crippen LogP contribution in [0, 0.1) is 5.92 Å². The van der Waals surface area contributed by atoms with Gasteiger partial charge in [0.1, 0.15) is 29.8 Å². The van der Waals surface area contributed by atoms with E-state index in [-0.39, 0.29) is 5.78 Å². The van der Waals surface area contributed by atoms with Crippen molar-refractivity contribution in [3.05, 3.63) is 24.3 Å². The number of esters is 1. The number of benzene rings is 1. The molecular formula is C16H21NO5. The van der Waals surface area contributed by atoms with Crippen LogP contribution in [0.2, 0.25) is 0 Å². The van der Waals surface area contributed by atoms with E-state index in [0.29, 0.717) is 32.7 Å². The summed E-state index contributed by atoms with van der Waals surface area (Å²) in [6.07, 6.45) is 0.377. The van der Waals surface area contributed by atoms with E-state index in [4.69, 9.17) is 9.47 Å². The van der Waals surface area contributed by atoms with E-state index < -0.39 is 11.9 Å². The predicted molar refractivity (Wildman–Crippen MR) is 80.1 cm³/mol. The average molecular weight is 307 g/mol. The molecule has 1 aromatic rings. The van der Waals surface area contributed by atoms with Gasteiger partial charge in [0, 0.05) is 26.1 Å². The Bertz CT molecular complexity index is 506. The summed E-state index contributed by atoms with van der Waals surface area (Å²) in [6.45, 7) is 2.21. The molecule has 1 unspecified atom stereocenters. The van der Waals surface area contributed by atoms with Gasteiger partial charge in [0.15, 0.2) is 0 Å². The Kier molecular flexibility index (Phi) is 5.77. The Hall–Kier alpha value is -2.08. The van der Waals surface area contributed by atoms with E-state index in [1.165, 1.54) is 7.11 Å². The Morgan fingerprint density at radius 3 is 2.55 bits per heavy atom. The summed E-state index contributed by atoms with van der Waals surface area (Å²) < 4.78 is 15.4. The van der Waals surface area contributed by atoms with Gasteiger partial charge in [-0.2, -0.15) is 0 Å². The van der Waals surface area contributed by atoms with Crippen LogP contribution < -0.4 is 9.47 Å². The van der Waals surface area contributed by atoms with Crippen molar-refractivity contribution in [1.82, 2.24) is 4.90 Å². The maximum Gasteiger partial charge on any atom is 0.317 e. The molecule has 22 heavy (non-hydrogen) atoms. The summed E-state index contributed by atoms with van der Waals surface area (Å²) in [4.78, 5) is 25.3. The van der Waals surface area contributed by atoms with Gasteiger partial charge in [0.05, 0.1) is 14.2 Å². The second-order valence-electron chi connectivity index (χ2n) is 5.12. The summed E-state index contributed by atoms with van der Waals surface area (Å²) in [5, 5.41) is 0. The van der Waals surface area contributed by atoms with Crippen LogP contribution >= 0.6 is 0 Å². The molecule has 1 aliphatic heterocycles. The van der Waals surface area contributed by atoms with Crippen LogP contribution in [0.3, 0.4) is 0 Å². The molecule has 0 aromatic heterocycles. The van der Waals surface area contributed by atoms with Crippen LogP contribution in [0.15, 0.2) is 24.3 Å². The van der Waals surface area contributed by atoms with Crippen molar-refractivity contribution < 1.29 is 23.8 Å². The van der Waals surface area contributed by atoms with E-state index in [2.05, 4.69) is 4.74 Å². The minimum absolute atomic E-state index is 0.0424. The zero-order valence-electron chi connectivity index (χ0n) is 12.9. The Balaban J connectivity index is 1.78. The van der Waals surface area contributed by atoms with E-state index in [1.54, 1.807) is 7.11 Å². The second kappa shape index (κ2) is 7.79. The predicted octanol–water partition coefficient (Wildman–Crippen LogP) is 1.14. The van der Waals surface area contributed by atoms with Crippen LogP contribution in [0.1, 0.15) is 6.42 Å². The van der Waals surface area contributed by atoms with Crippen molar-refractivity contribution in [2.75, 3.05) is 40.5 Å². The van der Waals surface area contributed by atoms with Gasteiger partial charge in [0.2, 0.25) is 0 Å². The van der Waals surface area contributed by atoms with Crippen LogP contribution in [0.25, 0.3) is 0 Å². The molecular weight excluding hydrogens is 286 g/mol. The molecule has 6 nitrogen and oxygen atoms in total. The number of hydrogen-bond donors (Lipinski definition) is 0. The standard InChI is InChI=1S/C16H21NO5/c1-20-12-3-5-13(6-4-12)22-10-9-17-8-7-15(18)14(11-17)16(19)21-2/h3-6,14H,7-11H2,1-2H3. The molecule has 0 N–H and O–H groups in total. The van der Waals surface area contributed by atoms with Crippen molar-refractivity contribution in [1.29, 1.82) is 0 Å². The number of carbonyl (C=O) groups is 2. The van der Waals surface area contributed by atoms with E-state index >= 15 is 0 Å². The van der Waals surface area contributed by atoms with Crippen molar-refractivity contribution in [2.24, 2.45) is 5.92 Å². The van der Waals surface area contributed by atoms with E-state index in [1.807, 2.05) is 29.2 Å². The Morgan fingerprint density at radius 2 is 1.91 bits per heavy atom. The third-order valence-electron chi connectivity index (χ3n) is 3.73. The molecule has 1 atom stereocenters. The maximum atomic E-state index is 11.7. The summed E-state index contributed by atoms with van der Waals surface area (Å²) in [6, 6.07) is 7.36. The van der Waals surface area contributed by atoms with Crippen molar-refractivity contribution in [2.45, 2.75) is 6.42 Å². The zero-order valence-corrected chi connectivity index (χ0v) is 12.9. The lowest BCUT2D eigenvalue weighted by atomic mass is 9.97. The topological polar surface area (TPSA) is 65.1 Å². The highest BCUT2D eigenvalue weighted by atomic mass is 16.5. The molecule has 0 radical (unpaired) electrons.